The maximum atomic E-state index is 4.39. The van der Waals surface area contributed by atoms with Gasteiger partial charge in [-0.25, -0.2) is 14.6 Å². The lowest BCUT2D eigenvalue weighted by Crippen LogP contribution is -2.01. The van der Waals surface area contributed by atoms with E-state index >= 15 is 0 Å². The second-order valence-electron chi connectivity index (χ2n) is 2.77. The van der Waals surface area contributed by atoms with Crippen LogP contribution in [0.4, 0.5) is 5.13 Å². The van der Waals surface area contributed by atoms with Crippen molar-refractivity contribution in [2.24, 2.45) is 0 Å². The summed E-state index contributed by atoms with van der Waals surface area (Å²) < 4.78 is 1.75. The Morgan fingerprint density at radius 1 is 1.57 bits per heavy atom. The Balaban J connectivity index is 2.03. The molecule has 0 aliphatic carbocycles. The van der Waals surface area contributed by atoms with Crippen molar-refractivity contribution in [3.8, 4) is 0 Å². The molecule has 0 saturated carbocycles. The van der Waals surface area contributed by atoms with Gasteiger partial charge < -0.3 is 5.32 Å². The van der Waals surface area contributed by atoms with Gasteiger partial charge in [-0.05, 0) is 6.92 Å². The Morgan fingerprint density at radius 3 is 3.21 bits per heavy atom. The third-order valence-corrected chi connectivity index (χ3v) is 2.52. The number of thiazole rings is 1. The van der Waals surface area contributed by atoms with Gasteiger partial charge in [0.05, 0.1) is 12.2 Å². The molecule has 2 aromatic heterocycles. The smallest absolute Gasteiger partial charge is 0.182 e. The quantitative estimate of drug-likeness (QED) is 0.822. The van der Waals surface area contributed by atoms with Gasteiger partial charge in [0.2, 0.25) is 0 Å². The Bertz CT molecular complexity index is 380. The van der Waals surface area contributed by atoms with Crippen molar-refractivity contribution in [2.75, 3.05) is 11.9 Å². The second-order valence-corrected chi connectivity index (χ2v) is 3.63. The molecular weight excluding hydrogens is 198 g/mol. The molecule has 5 nitrogen and oxygen atoms in total. The summed E-state index contributed by atoms with van der Waals surface area (Å²) in [4.78, 5) is 8.27. The third-order valence-electron chi connectivity index (χ3n) is 1.67. The van der Waals surface area contributed by atoms with Gasteiger partial charge in [0.15, 0.2) is 5.13 Å². The molecule has 0 aromatic carbocycles. The topological polar surface area (TPSA) is 55.6 Å². The molecule has 0 radical (unpaired) electrons. The van der Waals surface area contributed by atoms with E-state index in [0.29, 0.717) is 6.54 Å². The van der Waals surface area contributed by atoms with E-state index in [1.54, 1.807) is 22.3 Å². The van der Waals surface area contributed by atoms with Crippen LogP contribution in [-0.4, -0.2) is 26.3 Å². The molecule has 0 aliphatic heterocycles. The SMILES string of the molecule is CCNc1nc(Cn2cncn2)cs1. The van der Waals surface area contributed by atoms with Gasteiger partial charge in [-0.1, -0.05) is 0 Å². The predicted molar refractivity (Wildman–Crippen MR) is 55.4 cm³/mol. The molecule has 2 heterocycles. The zero-order valence-electron chi connectivity index (χ0n) is 7.84. The molecule has 0 aliphatic rings. The van der Waals surface area contributed by atoms with Crippen molar-refractivity contribution in [3.63, 3.8) is 0 Å². The van der Waals surface area contributed by atoms with Gasteiger partial charge >= 0.3 is 0 Å². The van der Waals surface area contributed by atoms with E-state index in [1.165, 1.54) is 6.33 Å². The fraction of sp³-hybridized carbons (Fsp3) is 0.375. The average molecular weight is 209 g/mol. The minimum atomic E-state index is 0.682. The lowest BCUT2D eigenvalue weighted by Gasteiger charge is -1.96. The van der Waals surface area contributed by atoms with Crippen LogP contribution in [0, 0.1) is 0 Å². The predicted octanol–water partition coefficient (Wildman–Crippen LogP) is 1.21. The van der Waals surface area contributed by atoms with Crippen LogP contribution < -0.4 is 5.32 Å². The highest BCUT2D eigenvalue weighted by atomic mass is 32.1. The van der Waals surface area contributed by atoms with E-state index < -0.39 is 0 Å². The average Bonchev–Trinajstić information content (AvgIpc) is 2.79. The first-order valence-electron chi connectivity index (χ1n) is 4.39. The normalized spacial score (nSPS) is 10.4. The van der Waals surface area contributed by atoms with E-state index in [2.05, 4.69) is 27.3 Å². The van der Waals surface area contributed by atoms with E-state index in [9.17, 15) is 0 Å². The van der Waals surface area contributed by atoms with Gasteiger partial charge in [0, 0.05) is 11.9 Å². The van der Waals surface area contributed by atoms with Gasteiger partial charge in [0.1, 0.15) is 12.7 Å². The summed E-state index contributed by atoms with van der Waals surface area (Å²) in [7, 11) is 0. The van der Waals surface area contributed by atoms with Gasteiger partial charge in [-0.2, -0.15) is 5.10 Å². The molecule has 14 heavy (non-hydrogen) atoms. The maximum Gasteiger partial charge on any atom is 0.182 e. The number of hydrogen-bond donors (Lipinski definition) is 1. The molecule has 0 bridgehead atoms. The summed E-state index contributed by atoms with van der Waals surface area (Å²) in [5.74, 6) is 0. The highest BCUT2D eigenvalue weighted by molar-refractivity contribution is 7.13. The molecule has 1 N–H and O–H groups in total. The van der Waals surface area contributed by atoms with Crippen LogP contribution in [0.25, 0.3) is 0 Å². The van der Waals surface area contributed by atoms with Crippen LogP contribution >= 0.6 is 11.3 Å². The summed E-state index contributed by atoms with van der Waals surface area (Å²) in [6.45, 7) is 3.64. The fourth-order valence-electron chi connectivity index (χ4n) is 1.09. The molecule has 0 saturated heterocycles. The van der Waals surface area contributed by atoms with E-state index in [-0.39, 0.29) is 0 Å². The highest BCUT2D eigenvalue weighted by Crippen LogP contribution is 2.15. The molecule has 0 amide bonds. The van der Waals surface area contributed by atoms with Crippen LogP contribution in [0.3, 0.4) is 0 Å². The number of nitrogens with one attached hydrogen (secondary N) is 1. The lowest BCUT2D eigenvalue weighted by molar-refractivity contribution is 0.674. The summed E-state index contributed by atoms with van der Waals surface area (Å²) >= 11 is 1.61. The summed E-state index contributed by atoms with van der Waals surface area (Å²) in [6.07, 6.45) is 3.21. The standard InChI is InChI=1S/C8H11N5S/c1-2-10-8-12-7(4-14-8)3-13-6-9-5-11-13/h4-6H,2-3H2,1H3,(H,10,12). The number of nitrogens with zero attached hydrogens (tertiary/aromatic N) is 4. The zero-order valence-corrected chi connectivity index (χ0v) is 8.66. The summed E-state index contributed by atoms with van der Waals surface area (Å²) in [6, 6.07) is 0. The van der Waals surface area contributed by atoms with Crippen LogP contribution in [0.5, 0.6) is 0 Å². The number of rotatable bonds is 4. The van der Waals surface area contributed by atoms with Crippen molar-refractivity contribution < 1.29 is 0 Å². The summed E-state index contributed by atoms with van der Waals surface area (Å²) in [5, 5.41) is 10.2. The van der Waals surface area contributed by atoms with Crippen LogP contribution in [0.1, 0.15) is 12.6 Å². The van der Waals surface area contributed by atoms with E-state index in [1.807, 2.05) is 5.38 Å². The second kappa shape index (κ2) is 4.19. The zero-order chi connectivity index (χ0) is 9.80. The number of anilines is 1. The largest absolute Gasteiger partial charge is 0.362 e. The van der Waals surface area contributed by atoms with Gasteiger partial charge in [-0.15, -0.1) is 11.3 Å². The first-order valence-corrected chi connectivity index (χ1v) is 5.27. The molecule has 0 spiro atoms. The minimum absolute atomic E-state index is 0.682. The van der Waals surface area contributed by atoms with Crippen molar-refractivity contribution in [1.29, 1.82) is 0 Å². The molecule has 0 fully saturated rings. The maximum absolute atomic E-state index is 4.39. The molecule has 74 valence electrons. The number of aromatic nitrogens is 4. The van der Waals surface area contributed by atoms with Crippen molar-refractivity contribution >= 4 is 16.5 Å². The van der Waals surface area contributed by atoms with Gasteiger partial charge in [-0.3, -0.25) is 0 Å². The first-order chi connectivity index (χ1) is 6.88. The minimum Gasteiger partial charge on any atom is -0.362 e. The Hall–Kier alpha value is -1.43. The molecule has 0 atom stereocenters. The number of hydrogen-bond acceptors (Lipinski definition) is 5. The Morgan fingerprint density at radius 2 is 2.50 bits per heavy atom. The first kappa shape index (κ1) is 9.14. The fourth-order valence-corrected chi connectivity index (χ4v) is 1.86. The van der Waals surface area contributed by atoms with Crippen molar-refractivity contribution in [2.45, 2.75) is 13.5 Å². The lowest BCUT2D eigenvalue weighted by atomic mass is 10.5. The Labute approximate surface area is 85.8 Å². The highest BCUT2D eigenvalue weighted by Gasteiger charge is 2.01. The molecule has 0 unspecified atom stereocenters. The van der Waals surface area contributed by atoms with Crippen LogP contribution in [0.2, 0.25) is 0 Å². The van der Waals surface area contributed by atoms with Crippen molar-refractivity contribution in [1.82, 2.24) is 19.7 Å². The Kier molecular flexibility index (Phi) is 2.73. The van der Waals surface area contributed by atoms with E-state index in [4.69, 9.17) is 0 Å². The van der Waals surface area contributed by atoms with Crippen molar-refractivity contribution in [3.05, 3.63) is 23.7 Å². The van der Waals surface area contributed by atoms with Crippen LogP contribution in [0.15, 0.2) is 18.0 Å². The summed E-state index contributed by atoms with van der Waals surface area (Å²) in [5.41, 5.74) is 1.01. The third kappa shape index (κ3) is 2.08. The van der Waals surface area contributed by atoms with Crippen LogP contribution in [-0.2, 0) is 6.54 Å². The molecule has 2 rings (SSSR count). The molecule has 2 aromatic rings. The monoisotopic (exact) mass is 209 g/mol. The molecule has 6 heteroatoms. The molecular formula is C8H11N5S. The van der Waals surface area contributed by atoms with E-state index in [0.717, 1.165) is 17.4 Å². The van der Waals surface area contributed by atoms with Gasteiger partial charge in [0.25, 0.3) is 0 Å².